The molecule has 0 aliphatic rings. The first-order valence-corrected chi connectivity index (χ1v) is 6.32. The molecule has 1 aromatic rings. The minimum atomic E-state index is 0.436. The first kappa shape index (κ1) is 14.4. The average molecular weight is 255 g/mol. The molecule has 0 atom stereocenters. The van der Waals surface area contributed by atoms with E-state index in [1.807, 2.05) is 27.7 Å². The van der Waals surface area contributed by atoms with Crippen molar-refractivity contribution < 1.29 is 18.9 Å². The minimum absolute atomic E-state index is 0.436. The van der Waals surface area contributed by atoms with Crippen molar-refractivity contribution in [1.82, 2.24) is 4.98 Å². The van der Waals surface area contributed by atoms with Crippen LogP contribution in [-0.2, 0) is 0 Å². The molecule has 0 bridgehead atoms. The Morgan fingerprint density at radius 1 is 0.778 bits per heavy atom. The van der Waals surface area contributed by atoms with Gasteiger partial charge in [-0.05, 0) is 27.7 Å². The summed E-state index contributed by atoms with van der Waals surface area (Å²) in [4.78, 5) is 4.20. The zero-order valence-electron chi connectivity index (χ0n) is 11.5. The summed E-state index contributed by atoms with van der Waals surface area (Å²) in [5.74, 6) is 2.07. The molecule has 0 radical (unpaired) electrons. The third-order valence-electron chi connectivity index (χ3n) is 2.08. The predicted molar refractivity (Wildman–Crippen MR) is 68.9 cm³/mol. The lowest BCUT2D eigenvalue weighted by molar-refractivity contribution is 0.238. The lowest BCUT2D eigenvalue weighted by atomic mass is 10.3. The highest BCUT2D eigenvalue weighted by atomic mass is 16.6. The van der Waals surface area contributed by atoms with Crippen molar-refractivity contribution in [2.75, 3.05) is 26.4 Å². The fraction of sp³-hybridized carbons (Fsp3) is 0.615. The molecule has 0 aliphatic carbocycles. The summed E-state index contributed by atoms with van der Waals surface area (Å²) < 4.78 is 22.1. The summed E-state index contributed by atoms with van der Waals surface area (Å²) in [6.07, 6.45) is 1.60. The van der Waals surface area contributed by atoms with E-state index in [1.165, 1.54) is 0 Å². The van der Waals surface area contributed by atoms with E-state index in [4.69, 9.17) is 18.9 Å². The van der Waals surface area contributed by atoms with Crippen molar-refractivity contribution in [1.29, 1.82) is 0 Å². The number of hydrogen-bond acceptors (Lipinski definition) is 5. The van der Waals surface area contributed by atoms with Gasteiger partial charge in [0.05, 0.1) is 32.6 Å². The van der Waals surface area contributed by atoms with Crippen molar-refractivity contribution in [3.05, 3.63) is 6.20 Å². The fourth-order valence-corrected chi connectivity index (χ4v) is 1.49. The van der Waals surface area contributed by atoms with Crippen LogP contribution in [0.5, 0.6) is 23.1 Å². The maximum Gasteiger partial charge on any atom is 0.261 e. The Kier molecular flexibility index (Phi) is 6.11. The van der Waals surface area contributed by atoms with E-state index in [-0.39, 0.29) is 0 Å². The maximum absolute atomic E-state index is 5.59. The van der Waals surface area contributed by atoms with Gasteiger partial charge in [0, 0.05) is 0 Å². The predicted octanol–water partition coefficient (Wildman–Crippen LogP) is 2.68. The van der Waals surface area contributed by atoms with Gasteiger partial charge >= 0.3 is 0 Å². The standard InChI is InChI=1S/C13H21NO4/c1-5-15-10-9-14-13(18-8-4)12(17-7-3)11(10)16-6-2/h9H,5-8H2,1-4H3. The highest BCUT2D eigenvalue weighted by Crippen LogP contribution is 2.42. The van der Waals surface area contributed by atoms with Crippen LogP contribution in [0.25, 0.3) is 0 Å². The van der Waals surface area contributed by atoms with Crippen LogP contribution in [0.15, 0.2) is 6.20 Å². The van der Waals surface area contributed by atoms with Gasteiger partial charge in [-0.1, -0.05) is 0 Å². The molecule has 0 aliphatic heterocycles. The van der Waals surface area contributed by atoms with E-state index in [1.54, 1.807) is 6.20 Å². The summed E-state index contributed by atoms with van der Waals surface area (Å²) >= 11 is 0. The molecule has 5 heteroatoms. The van der Waals surface area contributed by atoms with E-state index in [0.29, 0.717) is 49.6 Å². The number of nitrogens with zero attached hydrogens (tertiary/aromatic N) is 1. The average Bonchev–Trinajstić information content (AvgIpc) is 2.37. The van der Waals surface area contributed by atoms with Crippen molar-refractivity contribution >= 4 is 0 Å². The number of pyridine rings is 1. The molecular weight excluding hydrogens is 234 g/mol. The van der Waals surface area contributed by atoms with Gasteiger partial charge in [0.15, 0.2) is 5.75 Å². The lowest BCUT2D eigenvalue weighted by Crippen LogP contribution is -2.06. The molecule has 102 valence electrons. The third kappa shape index (κ3) is 3.42. The van der Waals surface area contributed by atoms with Crippen molar-refractivity contribution in [2.24, 2.45) is 0 Å². The largest absolute Gasteiger partial charge is 0.488 e. The summed E-state index contributed by atoms with van der Waals surface area (Å²) in [5.41, 5.74) is 0. The second-order valence-corrected chi connectivity index (χ2v) is 3.32. The molecule has 18 heavy (non-hydrogen) atoms. The van der Waals surface area contributed by atoms with Gasteiger partial charge in [-0.3, -0.25) is 0 Å². The fourth-order valence-electron chi connectivity index (χ4n) is 1.49. The number of rotatable bonds is 8. The summed E-state index contributed by atoms with van der Waals surface area (Å²) in [5, 5.41) is 0. The molecular formula is C13H21NO4. The van der Waals surface area contributed by atoms with Crippen LogP contribution in [0.1, 0.15) is 27.7 Å². The molecule has 0 amide bonds. The number of hydrogen-bond donors (Lipinski definition) is 0. The normalized spacial score (nSPS) is 10.0. The SMILES string of the molecule is CCOc1cnc(OCC)c(OCC)c1OCC. The van der Waals surface area contributed by atoms with Crippen molar-refractivity contribution in [2.45, 2.75) is 27.7 Å². The van der Waals surface area contributed by atoms with Gasteiger partial charge in [-0.15, -0.1) is 0 Å². The second kappa shape index (κ2) is 7.63. The van der Waals surface area contributed by atoms with Gasteiger partial charge in [0.25, 0.3) is 5.88 Å². The van der Waals surface area contributed by atoms with E-state index in [0.717, 1.165) is 0 Å². The Labute approximate surface area is 108 Å². The summed E-state index contributed by atoms with van der Waals surface area (Å²) in [6.45, 7) is 9.72. The van der Waals surface area contributed by atoms with Crippen LogP contribution in [0.3, 0.4) is 0 Å². The van der Waals surface area contributed by atoms with Crippen LogP contribution >= 0.6 is 0 Å². The first-order valence-electron chi connectivity index (χ1n) is 6.32. The molecule has 0 spiro atoms. The Morgan fingerprint density at radius 2 is 1.33 bits per heavy atom. The zero-order chi connectivity index (χ0) is 13.4. The van der Waals surface area contributed by atoms with E-state index in [9.17, 15) is 0 Å². The maximum atomic E-state index is 5.59. The lowest BCUT2D eigenvalue weighted by Gasteiger charge is -2.17. The van der Waals surface area contributed by atoms with Gasteiger partial charge in [-0.2, -0.15) is 0 Å². The quantitative estimate of drug-likeness (QED) is 0.714. The Bertz CT molecular complexity index is 333. The Hall–Kier alpha value is -1.65. The van der Waals surface area contributed by atoms with Crippen molar-refractivity contribution in [3.8, 4) is 23.1 Å². The highest BCUT2D eigenvalue weighted by molar-refractivity contribution is 5.55. The zero-order valence-corrected chi connectivity index (χ0v) is 11.5. The van der Waals surface area contributed by atoms with Crippen LogP contribution in [0, 0.1) is 0 Å². The highest BCUT2D eigenvalue weighted by Gasteiger charge is 2.19. The van der Waals surface area contributed by atoms with Crippen molar-refractivity contribution in [3.63, 3.8) is 0 Å². The minimum Gasteiger partial charge on any atom is -0.488 e. The molecule has 5 nitrogen and oxygen atoms in total. The summed E-state index contributed by atoms with van der Waals surface area (Å²) in [6, 6.07) is 0. The van der Waals surface area contributed by atoms with Crippen LogP contribution in [-0.4, -0.2) is 31.4 Å². The topological polar surface area (TPSA) is 49.8 Å². The van der Waals surface area contributed by atoms with Gasteiger partial charge in [0.2, 0.25) is 11.5 Å². The molecule has 1 heterocycles. The molecule has 0 fully saturated rings. The monoisotopic (exact) mass is 255 g/mol. The summed E-state index contributed by atoms with van der Waals surface area (Å²) in [7, 11) is 0. The van der Waals surface area contributed by atoms with E-state index in [2.05, 4.69) is 4.98 Å². The van der Waals surface area contributed by atoms with Crippen LogP contribution < -0.4 is 18.9 Å². The van der Waals surface area contributed by atoms with Gasteiger partial charge in [0.1, 0.15) is 0 Å². The van der Waals surface area contributed by atoms with E-state index >= 15 is 0 Å². The molecule has 0 aromatic carbocycles. The first-order chi connectivity index (χ1) is 8.78. The molecule has 0 unspecified atom stereocenters. The van der Waals surface area contributed by atoms with Gasteiger partial charge < -0.3 is 18.9 Å². The van der Waals surface area contributed by atoms with Gasteiger partial charge in [-0.25, -0.2) is 4.98 Å². The van der Waals surface area contributed by atoms with Crippen LogP contribution in [0.2, 0.25) is 0 Å². The molecule has 1 aromatic heterocycles. The molecule has 1 rings (SSSR count). The smallest absolute Gasteiger partial charge is 0.261 e. The number of aromatic nitrogens is 1. The van der Waals surface area contributed by atoms with Crippen LogP contribution in [0.4, 0.5) is 0 Å². The molecule has 0 saturated carbocycles. The molecule has 0 N–H and O–H groups in total. The Morgan fingerprint density at radius 3 is 1.89 bits per heavy atom. The Balaban J connectivity index is 3.19. The second-order valence-electron chi connectivity index (χ2n) is 3.32. The number of ether oxygens (including phenoxy) is 4. The third-order valence-corrected chi connectivity index (χ3v) is 2.08. The molecule has 0 saturated heterocycles. The van der Waals surface area contributed by atoms with E-state index < -0.39 is 0 Å².